The molecule has 0 saturated heterocycles. The van der Waals surface area contributed by atoms with Crippen molar-refractivity contribution in [3.63, 3.8) is 0 Å². The number of hydrogen-bond acceptors (Lipinski definition) is 5. The van der Waals surface area contributed by atoms with E-state index < -0.39 is 22.5 Å². The Bertz CT molecular complexity index is 532. The van der Waals surface area contributed by atoms with Crippen LogP contribution in [-0.4, -0.2) is 33.0 Å². The number of aromatic nitrogens is 1. The number of ether oxygens (including phenoxy) is 1. The van der Waals surface area contributed by atoms with Crippen molar-refractivity contribution in [2.45, 2.75) is 4.90 Å². The number of nitrogens with one attached hydrogen (secondary N) is 1. The van der Waals surface area contributed by atoms with Crippen molar-refractivity contribution in [1.82, 2.24) is 9.71 Å². The number of hydrogen-bond donors (Lipinski definition) is 1. The molecular weight excluding hydrogens is 291 g/mol. The first-order valence-corrected chi connectivity index (χ1v) is 6.48. The summed E-state index contributed by atoms with van der Waals surface area (Å²) in [5.74, 6) is -0.707. The lowest BCUT2D eigenvalue weighted by atomic mass is 10.5. The summed E-state index contributed by atoms with van der Waals surface area (Å²) in [6.07, 6.45) is 1.04. The van der Waals surface area contributed by atoms with E-state index in [0.717, 1.165) is 19.4 Å². The summed E-state index contributed by atoms with van der Waals surface area (Å²) in [7, 11) is -2.71. The number of halogens is 2. The third-order valence-corrected chi connectivity index (χ3v) is 3.77. The Balaban J connectivity index is 2.90. The van der Waals surface area contributed by atoms with Gasteiger partial charge in [0.25, 0.3) is 0 Å². The summed E-state index contributed by atoms with van der Waals surface area (Å²) in [6, 6.07) is 1.14. The maximum atomic E-state index is 11.7. The van der Waals surface area contributed by atoms with Gasteiger partial charge in [0.15, 0.2) is 0 Å². The fraction of sp³-hybridized carbons (Fsp3) is 0.250. The molecule has 0 fully saturated rings. The SMILES string of the molecule is COC(=O)CNS(=O)(=O)c1cnc(Cl)c(Cl)c1. The molecule has 1 aromatic rings. The molecule has 0 atom stereocenters. The third kappa shape index (κ3) is 3.81. The van der Waals surface area contributed by atoms with Crippen LogP contribution in [0, 0.1) is 0 Å². The summed E-state index contributed by atoms with van der Waals surface area (Å²) in [4.78, 5) is 14.2. The normalized spacial score (nSPS) is 11.2. The molecule has 1 heterocycles. The standard InChI is InChI=1S/C8H8Cl2N2O4S/c1-16-7(13)4-12-17(14,15)5-2-6(9)8(10)11-3-5/h2-3,12H,4H2,1H3. The number of carbonyl (C=O) groups excluding carboxylic acids is 1. The first kappa shape index (κ1) is 14.2. The van der Waals surface area contributed by atoms with Crippen LogP contribution in [-0.2, 0) is 19.6 Å². The van der Waals surface area contributed by atoms with Gasteiger partial charge in [-0.05, 0) is 6.07 Å². The number of rotatable bonds is 4. The molecule has 0 aromatic carbocycles. The van der Waals surface area contributed by atoms with Crippen molar-refractivity contribution >= 4 is 39.2 Å². The van der Waals surface area contributed by atoms with Gasteiger partial charge in [-0.25, -0.2) is 13.4 Å². The second kappa shape index (κ2) is 5.63. The molecule has 94 valence electrons. The zero-order valence-corrected chi connectivity index (χ0v) is 10.9. The van der Waals surface area contributed by atoms with Gasteiger partial charge in [-0.3, -0.25) is 4.79 Å². The molecule has 0 spiro atoms. The zero-order chi connectivity index (χ0) is 13.1. The molecule has 0 aliphatic heterocycles. The fourth-order valence-corrected chi connectivity index (χ4v) is 2.13. The Kier molecular flexibility index (Phi) is 4.70. The van der Waals surface area contributed by atoms with Gasteiger partial charge in [-0.2, -0.15) is 4.72 Å². The lowest BCUT2D eigenvalue weighted by Gasteiger charge is -2.05. The van der Waals surface area contributed by atoms with E-state index in [4.69, 9.17) is 23.2 Å². The highest BCUT2D eigenvalue weighted by Crippen LogP contribution is 2.21. The Morgan fingerprint density at radius 2 is 2.18 bits per heavy atom. The average Bonchev–Trinajstić information content (AvgIpc) is 2.29. The van der Waals surface area contributed by atoms with E-state index in [-0.39, 0.29) is 15.1 Å². The maximum Gasteiger partial charge on any atom is 0.320 e. The molecule has 0 bridgehead atoms. The Morgan fingerprint density at radius 1 is 1.53 bits per heavy atom. The van der Waals surface area contributed by atoms with Crippen LogP contribution in [0.15, 0.2) is 17.2 Å². The predicted octanol–water partition coefficient (Wildman–Crippen LogP) is 0.840. The van der Waals surface area contributed by atoms with E-state index in [2.05, 4.69) is 9.72 Å². The van der Waals surface area contributed by atoms with Crippen LogP contribution in [0.25, 0.3) is 0 Å². The minimum atomic E-state index is -3.86. The van der Waals surface area contributed by atoms with Crippen molar-refractivity contribution in [3.8, 4) is 0 Å². The number of sulfonamides is 1. The van der Waals surface area contributed by atoms with Gasteiger partial charge in [0, 0.05) is 6.20 Å². The van der Waals surface area contributed by atoms with Crippen LogP contribution in [0.1, 0.15) is 0 Å². The Labute approximate surface area is 108 Å². The number of esters is 1. The lowest BCUT2D eigenvalue weighted by molar-refractivity contribution is -0.139. The molecule has 0 radical (unpaired) electrons. The molecule has 1 rings (SSSR count). The first-order valence-electron chi connectivity index (χ1n) is 4.24. The van der Waals surface area contributed by atoms with Crippen LogP contribution in [0.2, 0.25) is 10.2 Å². The molecule has 0 aliphatic carbocycles. The number of methoxy groups -OCH3 is 1. The van der Waals surface area contributed by atoms with Crippen molar-refractivity contribution in [1.29, 1.82) is 0 Å². The monoisotopic (exact) mass is 298 g/mol. The van der Waals surface area contributed by atoms with Crippen molar-refractivity contribution in [2.75, 3.05) is 13.7 Å². The van der Waals surface area contributed by atoms with Gasteiger partial charge in [0.2, 0.25) is 10.0 Å². The molecule has 1 N–H and O–H groups in total. The smallest absolute Gasteiger partial charge is 0.320 e. The third-order valence-electron chi connectivity index (χ3n) is 1.72. The van der Waals surface area contributed by atoms with E-state index in [1.54, 1.807) is 0 Å². The largest absolute Gasteiger partial charge is 0.468 e. The quantitative estimate of drug-likeness (QED) is 0.658. The summed E-state index contributed by atoms with van der Waals surface area (Å²) in [5, 5.41) is 0.00574. The second-order valence-electron chi connectivity index (χ2n) is 2.84. The molecule has 17 heavy (non-hydrogen) atoms. The second-order valence-corrected chi connectivity index (χ2v) is 5.38. The molecular formula is C8H8Cl2N2O4S. The number of nitrogens with zero attached hydrogens (tertiary/aromatic N) is 1. The molecule has 0 aliphatic rings. The number of pyridine rings is 1. The molecule has 0 unspecified atom stereocenters. The average molecular weight is 299 g/mol. The molecule has 1 aromatic heterocycles. The number of carbonyl (C=O) groups is 1. The highest BCUT2D eigenvalue weighted by atomic mass is 35.5. The van der Waals surface area contributed by atoms with Gasteiger partial charge in [0.1, 0.15) is 16.6 Å². The summed E-state index contributed by atoms with van der Waals surface area (Å²) in [6.45, 7) is -0.473. The van der Waals surface area contributed by atoms with Crippen molar-refractivity contribution in [2.24, 2.45) is 0 Å². The first-order chi connectivity index (χ1) is 7.86. The minimum Gasteiger partial charge on any atom is -0.468 e. The summed E-state index contributed by atoms with van der Waals surface area (Å²) < 4.78 is 29.6. The lowest BCUT2D eigenvalue weighted by Crippen LogP contribution is -2.30. The summed E-state index contributed by atoms with van der Waals surface area (Å²) in [5.41, 5.74) is 0. The van der Waals surface area contributed by atoms with Gasteiger partial charge in [-0.15, -0.1) is 0 Å². The van der Waals surface area contributed by atoms with Crippen molar-refractivity contribution < 1.29 is 17.9 Å². The van der Waals surface area contributed by atoms with E-state index >= 15 is 0 Å². The van der Waals surface area contributed by atoms with Crippen LogP contribution in [0.4, 0.5) is 0 Å². The zero-order valence-electron chi connectivity index (χ0n) is 8.61. The van der Waals surface area contributed by atoms with Crippen molar-refractivity contribution in [3.05, 3.63) is 22.4 Å². The molecule has 0 amide bonds. The van der Waals surface area contributed by atoms with Crippen LogP contribution >= 0.6 is 23.2 Å². The maximum absolute atomic E-state index is 11.7. The molecule has 6 nitrogen and oxygen atoms in total. The summed E-state index contributed by atoms with van der Waals surface area (Å²) >= 11 is 11.2. The molecule has 9 heteroatoms. The van der Waals surface area contributed by atoms with Gasteiger partial charge in [-0.1, -0.05) is 23.2 Å². The Morgan fingerprint density at radius 3 is 2.71 bits per heavy atom. The van der Waals surface area contributed by atoms with Crippen LogP contribution in [0.5, 0.6) is 0 Å². The van der Waals surface area contributed by atoms with Crippen LogP contribution in [0.3, 0.4) is 0 Å². The predicted molar refractivity (Wildman–Crippen MR) is 61.5 cm³/mol. The molecule has 0 saturated carbocycles. The van der Waals surface area contributed by atoms with Gasteiger partial charge in [0.05, 0.1) is 12.1 Å². The van der Waals surface area contributed by atoms with Crippen LogP contribution < -0.4 is 4.72 Å². The van der Waals surface area contributed by atoms with E-state index in [1.807, 2.05) is 4.72 Å². The minimum absolute atomic E-state index is 0.00131. The topological polar surface area (TPSA) is 85.4 Å². The van der Waals surface area contributed by atoms with Gasteiger partial charge < -0.3 is 4.74 Å². The van der Waals surface area contributed by atoms with E-state index in [0.29, 0.717) is 0 Å². The Hall–Kier alpha value is -0.890. The van der Waals surface area contributed by atoms with E-state index in [1.165, 1.54) is 0 Å². The fourth-order valence-electron chi connectivity index (χ4n) is 0.860. The highest BCUT2D eigenvalue weighted by Gasteiger charge is 2.17. The van der Waals surface area contributed by atoms with Gasteiger partial charge >= 0.3 is 5.97 Å². The highest BCUT2D eigenvalue weighted by molar-refractivity contribution is 7.89. The van der Waals surface area contributed by atoms with E-state index in [9.17, 15) is 13.2 Å².